The first kappa shape index (κ1) is 15.1. The minimum Gasteiger partial charge on any atom is -0.315 e. The van der Waals surface area contributed by atoms with E-state index in [-0.39, 0.29) is 0 Å². The predicted octanol–water partition coefficient (Wildman–Crippen LogP) is 2.33. The first-order chi connectivity index (χ1) is 8.61. The summed E-state index contributed by atoms with van der Waals surface area (Å²) in [5.74, 6) is 0. The van der Waals surface area contributed by atoms with E-state index in [1.807, 2.05) is 18.5 Å². The molecule has 0 aliphatic rings. The Morgan fingerprint density at radius 3 is 2.44 bits per heavy atom. The van der Waals surface area contributed by atoms with E-state index in [0.29, 0.717) is 12.1 Å². The maximum Gasteiger partial charge on any atom is 0.0300 e. The average Bonchev–Trinajstić information content (AvgIpc) is 2.34. The van der Waals surface area contributed by atoms with Crippen LogP contribution in [0.4, 0.5) is 0 Å². The fourth-order valence-electron chi connectivity index (χ4n) is 2.22. The van der Waals surface area contributed by atoms with Crippen LogP contribution in [0.15, 0.2) is 24.5 Å². The average molecular weight is 249 g/mol. The van der Waals surface area contributed by atoms with Crippen LogP contribution in [0.2, 0.25) is 0 Å². The highest BCUT2D eigenvalue weighted by molar-refractivity contribution is 5.08. The fourth-order valence-corrected chi connectivity index (χ4v) is 2.22. The van der Waals surface area contributed by atoms with Crippen LogP contribution in [0, 0.1) is 0 Å². The number of nitrogens with zero attached hydrogens (tertiary/aromatic N) is 2. The van der Waals surface area contributed by atoms with Gasteiger partial charge in [0.15, 0.2) is 0 Å². The minimum atomic E-state index is 0.616. The van der Waals surface area contributed by atoms with Crippen LogP contribution in [0.3, 0.4) is 0 Å². The zero-order chi connectivity index (χ0) is 13.4. The van der Waals surface area contributed by atoms with Crippen LogP contribution in [0.5, 0.6) is 0 Å². The third kappa shape index (κ3) is 5.61. The monoisotopic (exact) mass is 249 g/mol. The summed E-state index contributed by atoms with van der Waals surface area (Å²) in [6, 6.07) is 5.35. The molecule has 0 amide bonds. The zero-order valence-electron chi connectivity index (χ0n) is 12.2. The van der Waals surface area contributed by atoms with E-state index < -0.39 is 0 Å². The highest BCUT2D eigenvalue weighted by Crippen LogP contribution is 2.03. The van der Waals surface area contributed by atoms with Gasteiger partial charge in [0, 0.05) is 37.6 Å². The Morgan fingerprint density at radius 1 is 1.17 bits per heavy atom. The van der Waals surface area contributed by atoms with Gasteiger partial charge in [-0.05, 0) is 52.3 Å². The van der Waals surface area contributed by atoms with Crippen LogP contribution in [0.25, 0.3) is 0 Å². The smallest absolute Gasteiger partial charge is 0.0300 e. The first-order valence-corrected chi connectivity index (χ1v) is 6.96. The van der Waals surface area contributed by atoms with Gasteiger partial charge in [-0.15, -0.1) is 0 Å². The topological polar surface area (TPSA) is 28.2 Å². The van der Waals surface area contributed by atoms with Crippen LogP contribution in [-0.2, 0) is 6.42 Å². The molecule has 0 unspecified atom stereocenters. The van der Waals surface area contributed by atoms with Crippen molar-refractivity contribution in [3.05, 3.63) is 30.1 Å². The molecule has 3 heteroatoms. The predicted molar refractivity (Wildman–Crippen MR) is 77.8 cm³/mol. The molecular formula is C15H27N3. The van der Waals surface area contributed by atoms with Gasteiger partial charge in [0.05, 0.1) is 0 Å². The normalized spacial score (nSPS) is 11.7. The van der Waals surface area contributed by atoms with Crippen molar-refractivity contribution in [1.82, 2.24) is 15.2 Å². The summed E-state index contributed by atoms with van der Waals surface area (Å²) in [4.78, 5) is 6.63. The van der Waals surface area contributed by atoms with Crippen molar-refractivity contribution in [3.8, 4) is 0 Å². The van der Waals surface area contributed by atoms with E-state index in [4.69, 9.17) is 0 Å². The van der Waals surface area contributed by atoms with E-state index >= 15 is 0 Å². The Kier molecular flexibility index (Phi) is 6.91. The molecule has 0 fully saturated rings. The van der Waals surface area contributed by atoms with Crippen molar-refractivity contribution in [2.75, 3.05) is 19.6 Å². The standard InChI is InChI=1S/C15H27N3/c1-13(2)18(14(3)4)11-10-16-9-7-15-6-5-8-17-12-15/h5-6,8,12-14,16H,7,9-11H2,1-4H3. The third-order valence-corrected chi connectivity index (χ3v) is 3.19. The molecular weight excluding hydrogens is 222 g/mol. The summed E-state index contributed by atoms with van der Waals surface area (Å²) >= 11 is 0. The van der Waals surface area contributed by atoms with E-state index in [9.17, 15) is 0 Å². The number of nitrogens with one attached hydrogen (secondary N) is 1. The molecule has 3 nitrogen and oxygen atoms in total. The Hall–Kier alpha value is -0.930. The number of hydrogen-bond donors (Lipinski definition) is 1. The number of hydrogen-bond acceptors (Lipinski definition) is 3. The molecule has 0 bridgehead atoms. The van der Waals surface area contributed by atoms with Gasteiger partial charge in [-0.2, -0.15) is 0 Å². The molecule has 0 saturated carbocycles. The van der Waals surface area contributed by atoms with E-state index in [1.165, 1.54) is 5.56 Å². The maximum atomic E-state index is 4.12. The third-order valence-electron chi connectivity index (χ3n) is 3.19. The first-order valence-electron chi connectivity index (χ1n) is 6.96. The molecule has 1 aromatic heterocycles. The van der Waals surface area contributed by atoms with Crippen molar-refractivity contribution in [2.24, 2.45) is 0 Å². The van der Waals surface area contributed by atoms with Gasteiger partial charge in [0.25, 0.3) is 0 Å². The van der Waals surface area contributed by atoms with Crippen molar-refractivity contribution in [3.63, 3.8) is 0 Å². The van der Waals surface area contributed by atoms with Gasteiger partial charge in [0.1, 0.15) is 0 Å². The molecule has 1 heterocycles. The molecule has 1 rings (SSSR count). The van der Waals surface area contributed by atoms with Crippen LogP contribution >= 0.6 is 0 Å². The highest BCUT2D eigenvalue weighted by atomic mass is 15.2. The number of pyridine rings is 1. The molecule has 0 spiro atoms. The Balaban J connectivity index is 2.15. The Bertz CT molecular complexity index is 301. The van der Waals surface area contributed by atoms with Crippen LogP contribution in [0.1, 0.15) is 33.3 Å². The van der Waals surface area contributed by atoms with E-state index in [2.05, 4.69) is 49.0 Å². The molecule has 1 N–H and O–H groups in total. The molecule has 0 aliphatic carbocycles. The van der Waals surface area contributed by atoms with Gasteiger partial charge in [0.2, 0.25) is 0 Å². The quantitative estimate of drug-likeness (QED) is 0.717. The fraction of sp³-hybridized carbons (Fsp3) is 0.667. The summed E-state index contributed by atoms with van der Waals surface area (Å²) in [5, 5.41) is 3.50. The lowest BCUT2D eigenvalue weighted by atomic mass is 10.2. The molecule has 102 valence electrons. The second kappa shape index (κ2) is 8.22. The van der Waals surface area contributed by atoms with Crippen molar-refractivity contribution in [2.45, 2.75) is 46.2 Å². The maximum absolute atomic E-state index is 4.12. The zero-order valence-corrected chi connectivity index (χ0v) is 12.2. The van der Waals surface area contributed by atoms with Gasteiger partial charge >= 0.3 is 0 Å². The van der Waals surface area contributed by atoms with Crippen molar-refractivity contribution in [1.29, 1.82) is 0 Å². The lowest BCUT2D eigenvalue weighted by molar-refractivity contribution is 0.176. The largest absolute Gasteiger partial charge is 0.315 e. The van der Waals surface area contributed by atoms with Gasteiger partial charge < -0.3 is 5.32 Å². The highest BCUT2D eigenvalue weighted by Gasteiger charge is 2.11. The van der Waals surface area contributed by atoms with Crippen LogP contribution in [-0.4, -0.2) is 41.6 Å². The lowest BCUT2D eigenvalue weighted by Crippen LogP contribution is -2.41. The molecule has 0 atom stereocenters. The summed E-state index contributed by atoms with van der Waals surface area (Å²) in [5.41, 5.74) is 1.30. The number of aromatic nitrogens is 1. The molecule has 0 aliphatic heterocycles. The van der Waals surface area contributed by atoms with E-state index in [0.717, 1.165) is 26.1 Å². The summed E-state index contributed by atoms with van der Waals surface area (Å²) < 4.78 is 0. The molecule has 1 aromatic rings. The van der Waals surface area contributed by atoms with Gasteiger partial charge in [-0.1, -0.05) is 6.07 Å². The number of rotatable bonds is 8. The van der Waals surface area contributed by atoms with Gasteiger partial charge in [-0.3, -0.25) is 9.88 Å². The second-order valence-corrected chi connectivity index (χ2v) is 5.29. The van der Waals surface area contributed by atoms with Crippen molar-refractivity contribution < 1.29 is 0 Å². The Labute approximate surface area is 112 Å². The van der Waals surface area contributed by atoms with Crippen molar-refractivity contribution >= 4 is 0 Å². The molecule has 0 saturated heterocycles. The molecule has 0 aromatic carbocycles. The lowest BCUT2D eigenvalue weighted by Gasteiger charge is -2.30. The molecule has 0 radical (unpaired) electrons. The summed E-state index contributed by atoms with van der Waals surface area (Å²) in [6.07, 6.45) is 4.81. The SMILES string of the molecule is CC(C)N(CCNCCc1cccnc1)C(C)C. The van der Waals surface area contributed by atoms with Crippen LogP contribution < -0.4 is 5.32 Å². The van der Waals surface area contributed by atoms with E-state index in [1.54, 1.807) is 0 Å². The minimum absolute atomic E-state index is 0.616. The summed E-state index contributed by atoms with van der Waals surface area (Å²) in [7, 11) is 0. The van der Waals surface area contributed by atoms with Gasteiger partial charge in [-0.25, -0.2) is 0 Å². The second-order valence-electron chi connectivity index (χ2n) is 5.29. The molecule has 18 heavy (non-hydrogen) atoms. The Morgan fingerprint density at radius 2 is 1.89 bits per heavy atom. The summed E-state index contributed by atoms with van der Waals surface area (Å²) in [6.45, 7) is 12.2.